The molecule has 0 saturated heterocycles. The van der Waals surface area contributed by atoms with Crippen molar-refractivity contribution in [1.82, 2.24) is 5.32 Å². The molecule has 106 valence electrons. The first-order valence-corrected chi connectivity index (χ1v) is 7.43. The molecule has 0 bridgehead atoms. The molecule has 0 amide bonds. The van der Waals surface area contributed by atoms with Gasteiger partial charge in [0.1, 0.15) is 5.82 Å². The van der Waals surface area contributed by atoms with Crippen molar-refractivity contribution in [1.29, 1.82) is 0 Å². The fourth-order valence-corrected chi connectivity index (χ4v) is 2.35. The topological polar surface area (TPSA) is 12.0 Å². The SMILES string of the molecule is CC(C)(C)CCC(CNC1CC1)c1cccc(F)c1. The molecule has 2 heteroatoms. The van der Waals surface area contributed by atoms with E-state index in [1.165, 1.54) is 25.3 Å². The lowest BCUT2D eigenvalue weighted by Crippen LogP contribution is -2.24. The van der Waals surface area contributed by atoms with E-state index in [1.54, 1.807) is 6.07 Å². The van der Waals surface area contributed by atoms with E-state index in [0.717, 1.165) is 18.5 Å². The van der Waals surface area contributed by atoms with Gasteiger partial charge >= 0.3 is 0 Å². The summed E-state index contributed by atoms with van der Waals surface area (Å²) in [6.45, 7) is 7.78. The van der Waals surface area contributed by atoms with Crippen LogP contribution in [0, 0.1) is 11.2 Å². The lowest BCUT2D eigenvalue weighted by molar-refractivity contribution is 0.344. The van der Waals surface area contributed by atoms with Crippen molar-refractivity contribution in [2.45, 2.75) is 58.4 Å². The van der Waals surface area contributed by atoms with Crippen LogP contribution in [0.2, 0.25) is 0 Å². The summed E-state index contributed by atoms with van der Waals surface area (Å²) >= 11 is 0. The molecule has 0 radical (unpaired) electrons. The third-order valence-electron chi connectivity index (χ3n) is 3.79. The minimum absolute atomic E-state index is 0.121. The van der Waals surface area contributed by atoms with Crippen LogP contribution < -0.4 is 5.32 Å². The smallest absolute Gasteiger partial charge is 0.123 e. The number of benzene rings is 1. The highest BCUT2D eigenvalue weighted by atomic mass is 19.1. The Morgan fingerprint density at radius 2 is 2.05 bits per heavy atom. The van der Waals surface area contributed by atoms with Gasteiger partial charge in [-0.15, -0.1) is 0 Å². The van der Waals surface area contributed by atoms with Crippen LogP contribution in [0.4, 0.5) is 4.39 Å². The molecule has 19 heavy (non-hydrogen) atoms. The van der Waals surface area contributed by atoms with Crippen LogP contribution in [0.25, 0.3) is 0 Å². The molecule has 1 fully saturated rings. The minimum atomic E-state index is -0.121. The zero-order valence-electron chi connectivity index (χ0n) is 12.4. The number of nitrogens with one attached hydrogen (secondary N) is 1. The molecule has 0 aromatic heterocycles. The molecule has 0 heterocycles. The lowest BCUT2D eigenvalue weighted by Gasteiger charge is -2.24. The maximum absolute atomic E-state index is 13.4. The van der Waals surface area contributed by atoms with Crippen molar-refractivity contribution in [2.75, 3.05) is 6.54 Å². The second-order valence-electron chi connectivity index (χ2n) is 7.03. The highest BCUT2D eigenvalue weighted by molar-refractivity contribution is 5.21. The molecule has 1 aliphatic carbocycles. The summed E-state index contributed by atoms with van der Waals surface area (Å²) in [6, 6.07) is 7.82. The third kappa shape index (κ3) is 5.32. The van der Waals surface area contributed by atoms with Crippen molar-refractivity contribution in [3.8, 4) is 0 Å². The summed E-state index contributed by atoms with van der Waals surface area (Å²) in [4.78, 5) is 0. The number of hydrogen-bond donors (Lipinski definition) is 1. The van der Waals surface area contributed by atoms with Crippen LogP contribution in [0.5, 0.6) is 0 Å². The maximum atomic E-state index is 13.4. The number of halogens is 1. The number of rotatable bonds is 6. The Balaban J connectivity index is 1.99. The normalized spacial score (nSPS) is 17.5. The molecular formula is C17H26FN. The minimum Gasteiger partial charge on any atom is -0.313 e. The molecule has 1 N–H and O–H groups in total. The second kappa shape index (κ2) is 6.04. The Bertz CT molecular complexity index is 404. The number of hydrogen-bond acceptors (Lipinski definition) is 1. The average Bonchev–Trinajstić information content (AvgIpc) is 3.11. The van der Waals surface area contributed by atoms with E-state index in [1.807, 2.05) is 6.07 Å². The van der Waals surface area contributed by atoms with Crippen molar-refractivity contribution in [3.05, 3.63) is 35.6 Å². The summed E-state index contributed by atoms with van der Waals surface area (Å²) in [6.07, 6.45) is 4.89. The fourth-order valence-electron chi connectivity index (χ4n) is 2.35. The van der Waals surface area contributed by atoms with Gasteiger partial charge in [-0.25, -0.2) is 4.39 Å². The van der Waals surface area contributed by atoms with E-state index in [0.29, 0.717) is 17.4 Å². The predicted molar refractivity (Wildman–Crippen MR) is 78.9 cm³/mol. The van der Waals surface area contributed by atoms with Gasteiger partial charge in [-0.05, 0) is 54.7 Å². The largest absolute Gasteiger partial charge is 0.313 e. The Morgan fingerprint density at radius 3 is 2.63 bits per heavy atom. The molecule has 1 unspecified atom stereocenters. The van der Waals surface area contributed by atoms with Crippen LogP contribution >= 0.6 is 0 Å². The zero-order valence-corrected chi connectivity index (χ0v) is 12.4. The standard InChI is InChI=1S/C17H26FN/c1-17(2,3)10-9-14(12-19-16-7-8-16)13-5-4-6-15(18)11-13/h4-6,11,14,16,19H,7-10,12H2,1-3H3. The molecule has 2 rings (SSSR count). The predicted octanol–water partition coefficient (Wildman–Crippen LogP) is 4.49. The zero-order chi connectivity index (χ0) is 13.9. The summed E-state index contributed by atoms with van der Waals surface area (Å²) < 4.78 is 13.4. The van der Waals surface area contributed by atoms with Crippen LogP contribution in [-0.2, 0) is 0 Å². The second-order valence-corrected chi connectivity index (χ2v) is 7.03. The molecule has 1 aliphatic rings. The molecule has 0 aliphatic heterocycles. The van der Waals surface area contributed by atoms with E-state index in [9.17, 15) is 4.39 Å². The van der Waals surface area contributed by atoms with Gasteiger partial charge in [0.25, 0.3) is 0 Å². The summed E-state index contributed by atoms with van der Waals surface area (Å²) in [5.41, 5.74) is 1.47. The first-order chi connectivity index (χ1) is 8.94. The Morgan fingerprint density at radius 1 is 1.32 bits per heavy atom. The van der Waals surface area contributed by atoms with Gasteiger partial charge in [0.05, 0.1) is 0 Å². The van der Waals surface area contributed by atoms with Crippen LogP contribution in [-0.4, -0.2) is 12.6 Å². The molecule has 1 aromatic rings. The Kier molecular flexibility index (Phi) is 4.62. The van der Waals surface area contributed by atoms with Crippen molar-refractivity contribution < 1.29 is 4.39 Å². The van der Waals surface area contributed by atoms with Crippen LogP contribution in [0.1, 0.15) is 57.9 Å². The molecule has 1 atom stereocenters. The highest BCUT2D eigenvalue weighted by Gasteiger charge is 2.23. The van der Waals surface area contributed by atoms with E-state index < -0.39 is 0 Å². The first-order valence-electron chi connectivity index (χ1n) is 7.43. The molecule has 1 aromatic carbocycles. The summed E-state index contributed by atoms with van der Waals surface area (Å²) in [5.74, 6) is 0.306. The monoisotopic (exact) mass is 263 g/mol. The van der Waals surface area contributed by atoms with E-state index >= 15 is 0 Å². The van der Waals surface area contributed by atoms with Crippen molar-refractivity contribution >= 4 is 0 Å². The molecule has 1 nitrogen and oxygen atoms in total. The quantitative estimate of drug-likeness (QED) is 0.797. The van der Waals surface area contributed by atoms with Crippen molar-refractivity contribution in [2.24, 2.45) is 5.41 Å². The third-order valence-corrected chi connectivity index (χ3v) is 3.79. The van der Waals surface area contributed by atoms with E-state index in [2.05, 4.69) is 32.2 Å². The summed E-state index contributed by atoms with van der Waals surface area (Å²) in [5, 5.41) is 3.59. The van der Waals surface area contributed by atoms with Crippen LogP contribution in [0.3, 0.4) is 0 Å². The van der Waals surface area contributed by atoms with Gasteiger partial charge in [0.2, 0.25) is 0 Å². The van der Waals surface area contributed by atoms with Crippen LogP contribution in [0.15, 0.2) is 24.3 Å². The van der Waals surface area contributed by atoms with E-state index in [4.69, 9.17) is 0 Å². The molecular weight excluding hydrogens is 237 g/mol. The lowest BCUT2D eigenvalue weighted by atomic mass is 9.84. The van der Waals surface area contributed by atoms with Gasteiger partial charge in [0.15, 0.2) is 0 Å². The fraction of sp³-hybridized carbons (Fsp3) is 0.647. The average molecular weight is 263 g/mol. The maximum Gasteiger partial charge on any atom is 0.123 e. The van der Waals surface area contributed by atoms with Crippen molar-refractivity contribution in [3.63, 3.8) is 0 Å². The van der Waals surface area contributed by atoms with Gasteiger partial charge in [-0.3, -0.25) is 0 Å². The van der Waals surface area contributed by atoms with Gasteiger partial charge in [-0.2, -0.15) is 0 Å². The molecule has 1 saturated carbocycles. The Hall–Kier alpha value is -0.890. The highest BCUT2D eigenvalue weighted by Crippen LogP contribution is 2.30. The van der Waals surface area contributed by atoms with E-state index in [-0.39, 0.29) is 5.82 Å². The van der Waals surface area contributed by atoms with Gasteiger partial charge < -0.3 is 5.32 Å². The van der Waals surface area contributed by atoms with Gasteiger partial charge in [0, 0.05) is 12.6 Å². The summed E-state index contributed by atoms with van der Waals surface area (Å²) in [7, 11) is 0. The first kappa shape index (κ1) is 14.5. The molecule has 0 spiro atoms. The Labute approximate surface area is 116 Å². The van der Waals surface area contributed by atoms with Gasteiger partial charge in [-0.1, -0.05) is 32.9 Å².